The fraction of sp³-hybridized carbons (Fsp3) is 0.200. The molecule has 1 rings (SSSR count). The lowest BCUT2D eigenvalue weighted by molar-refractivity contribution is -0.124. The second-order valence-corrected chi connectivity index (χ2v) is 3.82. The lowest BCUT2D eigenvalue weighted by Gasteiger charge is -2.12. The molecule has 0 aliphatic heterocycles. The second kappa shape index (κ2) is 4.77. The van der Waals surface area contributed by atoms with Crippen molar-refractivity contribution in [1.82, 2.24) is 4.90 Å². The highest BCUT2D eigenvalue weighted by atomic mass is 79.9. The van der Waals surface area contributed by atoms with Crippen LogP contribution in [-0.4, -0.2) is 17.9 Å². The van der Waals surface area contributed by atoms with Gasteiger partial charge >= 0.3 is 5.91 Å². The number of nitriles is 1. The van der Waals surface area contributed by atoms with Crippen LogP contribution in [0, 0.1) is 11.3 Å². The van der Waals surface area contributed by atoms with Gasteiger partial charge in [0.25, 0.3) is 0 Å². The van der Waals surface area contributed by atoms with Gasteiger partial charge in [0.15, 0.2) is 6.07 Å². The Bertz CT molecular complexity index is 367. The van der Waals surface area contributed by atoms with E-state index in [1.807, 2.05) is 24.3 Å². The molecule has 0 aliphatic rings. The van der Waals surface area contributed by atoms with E-state index >= 15 is 0 Å². The zero-order chi connectivity index (χ0) is 10.6. The zero-order valence-corrected chi connectivity index (χ0v) is 9.28. The molecule has 1 aromatic carbocycles. The third-order valence-corrected chi connectivity index (χ3v) is 2.30. The van der Waals surface area contributed by atoms with Gasteiger partial charge in [-0.1, -0.05) is 28.1 Å². The van der Waals surface area contributed by atoms with Crippen molar-refractivity contribution in [2.75, 3.05) is 7.05 Å². The minimum Gasteiger partial charge on any atom is -0.329 e. The second-order valence-electron chi connectivity index (χ2n) is 2.90. The van der Waals surface area contributed by atoms with Crippen molar-refractivity contribution in [3.05, 3.63) is 34.3 Å². The molecule has 0 heterocycles. The van der Waals surface area contributed by atoms with Gasteiger partial charge in [-0.3, -0.25) is 4.79 Å². The maximum absolute atomic E-state index is 10.9. The van der Waals surface area contributed by atoms with E-state index in [1.165, 1.54) is 4.90 Å². The summed E-state index contributed by atoms with van der Waals surface area (Å²) in [5, 5.41) is 8.38. The largest absolute Gasteiger partial charge is 0.329 e. The maximum Gasteiger partial charge on any atom is 0.325 e. The van der Waals surface area contributed by atoms with Gasteiger partial charge in [0.1, 0.15) is 0 Å². The Morgan fingerprint density at radius 1 is 1.50 bits per heavy atom. The van der Waals surface area contributed by atoms with Crippen LogP contribution in [0.2, 0.25) is 0 Å². The van der Waals surface area contributed by atoms with Crippen LogP contribution in [0.15, 0.2) is 28.7 Å². The first-order valence-corrected chi connectivity index (χ1v) is 4.82. The quantitative estimate of drug-likeness (QED) is 0.756. The molecule has 0 N–H and O–H groups in total. The third kappa shape index (κ3) is 2.86. The number of amides is 1. The molecule has 1 aromatic rings. The lowest BCUT2D eigenvalue weighted by atomic mass is 10.2. The molecule has 4 heteroatoms. The van der Waals surface area contributed by atoms with Gasteiger partial charge in [0.2, 0.25) is 0 Å². The fourth-order valence-corrected chi connectivity index (χ4v) is 1.29. The summed E-state index contributed by atoms with van der Waals surface area (Å²) in [6.45, 7) is 0.458. The molecule has 72 valence electrons. The topological polar surface area (TPSA) is 44.1 Å². The van der Waals surface area contributed by atoms with E-state index in [4.69, 9.17) is 5.26 Å². The Morgan fingerprint density at radius 2 is 2.07 bits per heavy atom. The molecule has 0 unspecified atom stereocenters. The first-order chi connectivity index (χ1) is 6.63. The number of rotatable bonds is 2. The molecule has 0 aliphatic carbocycles. The summed E-state index contributed by atoms with van der Waals surface area (Å²) < 4.78 is 0.996. The van der Waals surface area contributed by atoms with Crippen molar-refractivity contribution in [3.8, 4) is 6.07 Å². The molecule has 0 spiro atoms. The summed E-state index contributed by atoms with van der Waals surface area (Å²) in [6, 6.07) is 9.20. The Balaban J connectivity index is 2.66. The van der Waals surface area contributed by atoms with Crippen LogP contribution < -0.4 is 0 Å². The molecular formula is C10H9BrN2O. The summed E-state index contributed by atoms with van der Waals surface area (Å²) in [4.78, 5) is 12.3. The van der Waals surface area contributed by atoms with E-state index < -0.39 is 5.91 Å². The molecule has 0 atom stereocenters. The van der Waals surface area contributed by atoms with Crippen LogP contribution >= 0.6 is 15.9 Å². The Morgan fingerprint density at radius 3 is 2.57 bits per heavy atom. The van der Waals surface area contributed by atoms with Crippen LogP contribution in [0.3, 0.4) is 0 Å². The van der Waals surface area contributed by atoms with E-state index in [0.717, 1.165) is 10.0 Å². The van der Waals surface area contributed by atoms with Gasteiger partial charge in [-0.2, -0.15) is 5.26 Å². The van der Waals surface area contributed by atoms with Crippen molar-refractivity contribution >= 4 is 21.8 Å². The van der Waals surface area contributed by atoms with Crippen LogP contribution in [0.4, 0.5) is 0 Å². The highest BCUT2D eigenvalue weighted by Crippen LogP contribution is 2.11. The maximum atomic E-state index is 10.9. The van der Waals surface area contributed by atoms with Crippen molar-refractivity contribution < 1.29 is 4.79 Å². The summed E-state index contributed by atoms with van der Waals surface area (Å²) >= 11 is 3.32. The molecule has 0 aromatic heterocycles. The van der Waals surface area contributed by atoms with Crippen molar-refractivity contribution in [2.24, 2.45) is 0 Å². The van der Waals surface area contributed by atoms with Crippen LogP contribution in [0.25, 0.3) is 0 Å². The molecule has 14 heavy (non-hydrogen) atoms. The van der Waals surface area contributed by atoms with E-state index in [1.54, 1.807) is 13.1 Å². The minimum absolute atomic E-state index is 0.458. The predicted octanol–water partition coefficient (Wildman–Crippen LogP) is 1.93. The first kappa shape index (κ1) is 10.7. The molecule has 0 saturated heterocycles. The monoisotopic (exact) mass is 252 g/mol. The van der Waals surface area contributed by atoms with Crippen LogP contribution in [0.5, 0.6) is 0 Å². The van der Waals surface area contributed by atoms with Crippen LogP contribution in [0.1, 0.15) is 5.56 Å². The predicted molar refractivity (Wildman–Crippen MR) is 56.2 cm³/mol. The smallest absolute Gasteiger partial charge is 0.325 e. The molecule has 3 nitrogen and oxygen atoms in total. The number of hydrogen-bond acceptors (Lipinski definition) is 2. The molecule has 0 bridgehead atoms. The summed E-state index contributed by atoms with van der Waals surface area (Å²) in [5.41, 5.74) is 0.999. The fourth-order valence-electron chi connectivity index (χ4n) is 1.02. The highest BCUT2D eigenvalue weighted by molar-refractivity contribution is 9.10. The Hall–Kier alpha value is -1.34. The minimum atomic E-state index is -0.520. The average Bonchev–Trinajstić information content (AvgIpc) is 2.20. The van der Waals surface area contributed by atoms with E-state index in [0.29, 0.717) is 6.54 Å². The van der Waals surface area contributed by atoms with E-state index in [-0.39, 0.29) is 0 Å². The van der Waals surface area contributed by atoms with Crippen LogP contribution in [-0.2, 0) is 11.3 Å². The number of halogens is 1. The molecule has 0 radical (unpaired) electrons. The van der Waals surface area contributed by atoms with Crippen molar-refractivity contribution in [1.29, 1.82) is 5.26 Å². The summed E-state index contributed by atoms with van der Waals surface area (Å²) in [6.07, 6.45) is 0. The highest BCUT2D eigenvalue weighted by Gasteiger charge is 2.06. The Kier molecular flexibility index (Phi) is 3.66. The number of carbonyl (C=O) groups excluding carboxylic acids is 1. The van der Waals surface area contributed by atoms with Crippen molar-refractivity contribution in [2.45, 2.75) is 6.54 Å². The van der Waals surface area contributed by atoms with Gasteiger partial charge in [-0.25, -0.2) is 0 Å². The molecule has 0 fully saturated rings. The van der Waals surface area contributed by atoms with Crippen molar-refractivity contribution in [3.63, 3.8) is 0 Å². The summed E-state index contributed by atoms with van der Waals surface area (Å²) in [5.74, 6) is -0.520. The average molecular weight is 253 g/mol. The first-order valence-electron chi connectivity index (χ1n) is 4.03. The Labute approximate surface area is 91.1 Å². The normalized spacial score (nSPS) is 9.21. The van der Waals surface area contributed by atoms with Gasteiger partial charge in [0, 0.05) is 18.1 Å². The zero-order valence-electron chi connectivity index (χ0n) is 7.70. The lowest BCUT2D eigenvalue weighted by Crippen LogP contribution is -2.24. The molecule has 0 saturated carbocycles. The SMILES string of the molecule is CN(Cc1ccc(Br)cc1)C(=O)C#N. The van der Waals surface area contributed by atoms with E-state index in [2.05, 4.69) is 15.9 Å². The third-order valence-electron chi connectivity index (χ3n) is 1.78. The number of benzene rings is 1. The number of nitrogens with zero attached hydrogens (tertiary/aromatic N) is 2. The molecular weight excluding hydrogens is 244 g/mol. The molecule has 1 amide bonds. The number of carbonyl (C=O) groups is 1. The van der Waals surface area contributed by atoms with E-state index in [9.17, 15) is 4.79 Å². The summed E-state index contributed by atoms with van der Waals surface area (Å²) in [7, 11) is 1.60. The van der Waals surface area contributed by atoms with Gasteiger partial charge in [-0.05, 0) is 17.7 Å². The van der Waals surface area contributed by atoms with Gasteiger partial charge in [-0.15, -0.1) is 0 Å². The standard InChI is InChI=1S/C10H9BrN2O/c1-13(10(14)6-12)7-8-2-4-9(11)5-3-8/h2-5H,7H2,1H3. The van der Waals surface area contributed by atoms with Gasteiger partial charge in [0.05, 0.1) is 0 Å². The number of hydrogen-bond donors (Lipinski definition) is 0. The van der Waals surface area contributed by atoms with Gasteiger partial charge < -0.3 is 4.90 Å².